The zero-order valence-electron chi connectivity index (χ0n) is 12.9. The highest BCUT2D eigenvalue weighted by Crippen LogP contribution is 2.24. The fourth-order valence-electron chi connectivity index (χ4n) is 2.08. The van der Waals surface area contributed by atoms with Gasteiger partial charge in [0.15, 0.2) is 11.6 Å². The molecule has 118 valence electrons. The number of benzene rings is 2. The second-order valence-corrected chi connectivity index (χ2v) is 5.29. The molecule has 0 spiro atoms. The molecule has 0 atom stereocenters. The number of aromatic nitrogens is 3. The number of nitrogens with zero attached hydrogens (tertiary/aromatic N) is 3. The molecule has 0 saturated carbocycles. The lowest BCUT2D eigenvalue weighted by molar-refractivity contribution is 0.231. The average molecular weight is 312 g/mol. The maximum Gasteiger partial charge on any atom is 0.246 e. The van der Waals surface area contributed by atoms with E-state index < -0.39 is 5.82 Å². The zero-order valence-corrected chi connectivity index (χ0v) is 12.9. The van der Waals surface area contributed by atoms with Gasteiger partial charge in [0, 0.05) is 11.8 Å². The fraction of sp³-hybridized carbons (Fsp3) is 0.176. The van der Waals surface area contributed by atoms with Gasteiger partial charge in [0.1, 0.15) is 6.33 Å². The molecule has 6 heteroatoms. The molecule has 0 aliphatic rings. The van der Waals surface area contributed by atoms with E-state index in [-0.39, 0.29) is 11.9 Å². The topological polar surface area (TPSA) is 52.0 Å². The molecule has 0 unspecified atom stereocenters. The van der Waals surface area contributed by atoms with Crippen molar-refractivity contribution < 1.29 is 9.13 Å². The van der Waals surface area contributed by atoms with Crippen molar-refractivity contribution in [2.24, 2.45) is 0 Å². The SMILES string of the molecule is CC(C)Oc1cc(Nc2ncn(-c3ccccc3)n2)ccc1F. The quantitative estimate of drug-likeness (QED) is 0.775. The molecule has 0 amide bonds. The molecule has 0 fully saturated rings. The van der Waals surface area contributed by atoms with E-state index in [1.165, 1.54) is 6.07 Å². The first-order valence-corrected chi connectivity index (χ1v) is 7.32. The third-order valence-corrected chi connectivity index (χ3v) is 3.06. The Balaban J connectivity index is 1.79. The van der Waals surface area contributed by atoms with Gasteiger partial charge in [0.05, 0.1) is 11.8 Å². The minimum atomic E-state index is -0.396. The first-order valence-electron chi connectivity index (χ1n) is 7.32. The molecule has 1 aromatic heterocycles. The Labute approximate surface area is 133 Å². The molecule has 0 aliphatic carbocycles. The van der Waals surface area contributed by atoms with Crippen LogP contribution in [-0.4, -0.2) is 20.9 Å². The smallest absolute Gasteiger partial charge is 0.246 e. The van der Waals surface area contributed by atoms with Crippen molar-refractivity contribution in [3.05, 3.63) is 60.7 Å². The number of halogens is 1. The second kappa shape index (κ2) is 6.48. The zero-order chi connectivity index (χ0) is 16.2. The molecule has 1 heterocycles. The van der Waals surface area contributed by atoms with Gasteiger partial charge >= 0.3 is 0 Å². The summed E-state index contributed by atoms with van der Waals surface area (Å²) in [6.45, 7) is 3.70. The molecule has 2 aromatic carbocycles. The van der Waals surface area contributed by atoms with Gasteiger partial charge in [-0.2, -0.15) is 4.98 Å². The highest BCUT2D eigenvalue weighted by Gasteiger charge is 2.09. The van der Waals surface area contributed by atoms with Crippen molar-refractivity contribution >= 4 is 11.6 Å². The molecule has 1 N–H and O–H groups in total. The van der Waals surface area contributed by atoms with Crippen LogP contribution in [0.5, 0.6) is 5.75 Å². The third-order valence-electron chi connectivity index (χ3n) is 3.06. The molecular formula is C17H17FN4O. The summed E-state index contributed by atoms with van der Waals surface area (Å²) < 4.78 is 20.8. The van der Waals surface area contributed by atoms with Crippen molar-refractivity contribution in [3.8, 4) is 11.4 Å². The van der Waals surface area contributed by atoms with Gasteiger partial charge in [0.2, 0.25) is 5.95 Å². The summed E-state index contributed by atoms with van der Waals surface area (Å²) in [5.41, 5.74) is 1.57. The van der Waals surface area contributed by atoms with Crippen LogP contribution in [-0.2, 0) is 0 Å². The first kappa shape index (κ1) is 15.0. The van der Waals surface area contributed by atoms with Gasteiger partial charge in [-0.15, -0.1) is 5.10 Å². The van der Waals surface area contributed by atoms with E-state index in [2.05, 4.69) is 15.4 Å². The minimum absolute atomic E-state index is 0.102. The van der Waals surface area contributed by atoms with E-state index in [1.54, 1.807) is 23.1 Å². The Kier molecular flexibility index (Phi) is 4.23. The number of nitrogens with one attached hydrogen (secondary N) is 1. The van der Waals surface area contributed by atoms with Gasteiger partial charge < -0.3 is 10.1 Å². The highest BCUT2D eigenvalue weighted by molar-refractivity contribution is 5.56. The summed E-state index contributed by atoms with van der Waals surface area (Å²) in [7, 11) is 0. The van der Waals surface area contributed by atoms with Crippen molar-refractivity contribution in [2.75, 3.05) is 5.32 Å². The lowest BCUT2D eigenvalue weighted by Gasteiger charge is -2.12. The summed E-state index contributed by atoms with van der Waals surface area (Å²) in [5.74, 6) is 0.232. The molecule has 3 aromatic rings. The van der Waals surface area contributed by atoms with Gasteiger partial charge in [-0.3, -0.25) is 0 Å². The van der Waals surface area contributed by atoms with Crippen LogP contribution in [0.1, 0.15) is 13.8 Å². The van der Waals surface area contributed by atoms with Crippen LogP contribution in [0.2, 0.25) is 0 Å². The standard InChI is InChI=1S/C17H17FN4O/c1-12(2)23-16-10-13(8-9-15(16)18)20-17-19-11-22(21-17)14-6-4-3-5-7-14/h3-12H,1-2H3,(H,20,21). The van der Waals surface area contributed by atoms with Gasteiger partial charge in [-0.25, -0.2) is 9.07 Å². The average Bonchev–Trinajstić information content (AvgIpc) is 2.99. The van der Waals surface area contributed by atoms with E-state index in [9.17, 15) is 4.39 Å². The summed E-state index contributed by atoms with van der Waals surface area (Å²) >= 11 is 0. The summed E-state index contributed by atoms with van der Waals surface area (Å²) in [4.78, 5) is 4.21. The van der Waals surface area contributed by atoms with Gasteiger partial charge in [-0.05, 0) is 38.1 Å². The lowest BCUT2D eigenvalue weighted by Crippen LogP contribution is -2.07. The molecule has 0 saturated heterocycles. The van der Waals surface area contributed by atoms with Crippen LogP contribution >= 0.6 is 0 Å². The largest absolute Gasteiger partial charge is 0.488 e. The third kappa shape index (κ3) is 3.66. The van der Waals surface area contributed by atoms with Gasteiger partial charge in [0.25, 0.3) is 0 Å². The van der Waals surface area contributed by atoms with Crippen LogP contribution in [0, 0.1) is 5.82 Å². The fourth-order valence-corrected chi connectivity index (χ4v) is 2.08. The molecule has 0 radical (unpaired) electrons. The Morgan fingerprint density at radius 1 is 1.13 bits per heavy atom. The van der Waals surface area contributed by atoms with Crippen molar-refractivity contribution in [1.29, 1.82) is 0 Å². The van der Waals surface area contributed by atoms with Crippen LogP contribution in [0.3, 0.4) is 0 Å². The lowest BCUT2D eigenvalue weighted by atomic mass is 10.3. The monoisotopic (exact) mass is 312 g/mol. The normalized spacial score (nSPS) is 10.8. The van der Waals surface area contributed by atoms with Crippen LogP contribution in [0.25, 0.3) is 5.69 Å². The maximum atomic E-state index is 13.7. The van der Waals surface area contributed by atoms with Crippen molar-refractivity contribution in [2.45, 2.75) is 20.0 Å². The van der Waals surface area contributed by atoms with Crippen LogP contribution in [0.4, 0.5) is 16.0 Å². The Hall–Kier alpha value is -2.89. The van der Waals surface area contributed by atoms with Crippen molar-refractivity contribution in [1.82, 2.24) is 14.8 Å². The molecule has 0 bridgehead atoms. The number of rotatable bonds is 5. The van der Waals surface area contributed by atoms with E-state index in [1.807, 2.05) is 44.2 Å². The number of hydrogen-bond acceptors (Lipinski definition) is 4. The Morgan fingerprint density at radius 3 is 2.65 bits per heavy atom. The number of para-hydroxylation sites is 1. The molecule has 5 nitrogen and oxygen atoms in total. The summed E-state index contributed by atoms with van der Waals surface area (Å²) in [5, 5.41) is 7.39. The molecule has 23 heavy (non-hydrogen) atoms. The maximum absolute atomic E-state index is 13.7. The highest BCUT2D eigenvalue weighted by atomic mass is 19.1. The molecular weight excluding hydrogens is 295 g/mol. The predicted molar refractivity (Wildman–Crippen MR) is 86.8 cm³/mol. The summed E-state index contributed by atoms with van der Waals surface area (Å²) in [6, 6.07) is 14.2. The van der Waals surface area contributed by atoms with Gasteiger partial charge in [-0.1, -0.05) is 18.2 Å². The van der Waals surface area contributed by atoms with E-state index in [0.717, 1.165) is 5.69 Å². The summed E-state index contributed by atoms with van der Waals surface area (Å²) in [6.07, 6.45) is 1.52. The van der Waals surface area contributed by atoms with Crippen LogP contribution in [0.15, 0.2) is 54.9 Å². The second-order valence-electron chi connectivity index (χ2n) is 5.29. The number of hydrogen-bond donors (Lipinski definition) is 1. The van der Waals surface area contributed by atoms with E-state index >= 15 is 0 Å². The van der Waals surface area contributed by atoms with E-state index in [0.29, 0.717) is 11.6 Å². The predicted octanol–water partition coefficient (Wildman–Crippen LogP) is 3.94. The Bertz CT molecular complexity index is 786. The number of ether oxygens (including phenoxy) is 1. The molecule has 0 aliphatic heterocycles. The molecule has 3 rings (SSSR count). The number of anilines is 2. The van der Waals surface area contributed by atoms with Crippen molar-refractivity contribution in [3.63, 3.8) is 0 Å². The minimum Gasteiger partial charge on any atom is -0.488 e. The first-order chi connectivity index (χ1) is 11.1. The van der Waals surface area contributed by atoms with E-state index in [4.69, 9.17) is 4.74 Å². The Morgan fingerprint density at radius 2 is 1.91 bits per heavy atom. The van der Waals surface area contributed by atoms with Crippen LogP contribution < -0.4 is 10.1 Å².